The summed E-state index contributed by atoms with van der Waals surface area (Å²) in [5.41, 5.74) is 9.07. The molecule has 6 amide bonds. The van der Waals surface area contributed by atoms with E-state index >= 15 is 0 Å². The van der Waals surface area contributed by atoms with Crippen molar-refractivity contribution in [3.63, 3.8) is 0 Å². The number of benzene rings is 6. The first kappa shape index (κ1) is 62.8. The lowest BCUT2D eigenvalue weighted by Crippen LogP contribution is -2.55. The number of imide groups is 1. The molecule has 0 fully saturated rings. The number of unbranched alkanes of at least 4 members (excludes halogenated alkanes) is 2. The highest BCUT2D eigenvalue weighted by Crippen LogP contribution is 2.43. The maximum Gasteiger partial charge on any atom is 0.416 e. The predicted octanol–water partition coefficient (Wildman–Crippen LogP) is 9.82. The number of nitrogens with zero attached hydrogens (tertiary/aromatic N) is 5. The van der Waals surface area contributed by atoms with E-state index in [-0.39, 0.29) is 128 Å². The van der Waals surface area contributed by atoms with Gasteiger partial charge >= 0.3 is 6.09 Å². The number of nitrogens with one attached hydrogen (secondary N) is 1. The van der Waals surface area contributed by atoms with Crippen LogP contribution in [0.4, 0.5) is 16.2 Å². The Morgan fingerprint density at radius 3 is 1.98 bits per heavy atom. The third-order valence-corrected chi connectivity index (χ3v) is 17.8. The highest BCUT2D eigenvalue weighted by molar-refractivity contribution is 6.13. The summed E-state index contributed by atoms with van der Waals surface area (Å²) in [5, 5.41) is 15.2. The molecule has 19 heteroatoms. The zero-order valence-corrected chi connectivity index (χ0v) is 51.7. The van der Waals surface area contributed by atoms with Gasteiger partial charge in [0, 0.05) is 75.3 Å². The Labute approximate surface area is 528 Å². The SMILES string of the molecule is COc1cc2c(cc1OCc1cccc(COc3cc4c(cc3C)C(=O)N3Cc5ccccc5C[C@H]3C=N4)c1)N(C(=O)OCc1ccc(CC(=O)[C@H](C)NC(=O)[C@@H](CC(=O)CCCCCN3C(=O)C=CC3=O)C(C)C)cc1)C(O)[C@@H]1Cc3ccccc3CN1C2=O. The van der Waals surface area contributed by atoms with E-state index in [2.05, 4.69) is 17.4 Å². The molecule has 0 bridgehead atoms. The van der Waals surface area contributed by atoms with Gasteiger partial charge in [-0.2, -0.15) is 0 Å². The molecule has 6 aromatic rings. The quantitative estimate of drug-likeness (QED) is 0.0450. The van der Waals surface area contributed by atoms with Crippen molar-refractivity contribution in [1.29, 1.82) is 0 Å². The topological polar surface area (TPSA) is 231 Å². The van der Waals surface area contributed by atoms with Gasteiger partial charge in [0.25, 0.3) is 23.6 Å². The van der Waals surface area contributed by atoms with E-state index < -0.39 is 36.2 Å². The second kappa shape index (κ2) is 27.6. The number of aliphatic imine (C=N–C) groups is 1. The Hall–Kier alpha value is -9.75. The van der Waals surface area contributed by atoms with Gasteiger partial charge in [-0.25, -0.2) is 9.69 Å². The third kappa shape index (κ3) is 14.0. The van der Waals surface area contributed by atoms with E-state index in [4.69, 9.17) is 23.9 Å². The number of aliphatic hydroxyl groups is 1. The van der Waals surface area contributed by atoms with E-state index in [0.29, 0.717) is 60.4 Å². The number of hydrogen-bond donors (Lipinski definition) is 2. The average molecular weight is 1230 g/mol. The minimum Gasteiger partial charge on any atom is -0.493 e. The number of anilines is 1. The molecule has 91 heavy (non-hydrogen) atoms. The summed E-state index contributed by atoms with van der Waals surface area (Å²) in [6, 6.07) is 35.2. The van der Waals surface area contributed by atoms with Crippen molar-refractivity contribution in [2.24, 2.45) is 16.8 Å². The molecule has 2 N–H and O–H groups in total. The first-order valence-electron chi connectivity index (χ1n) is 31.0. The third-order valence-electron chi connectivity index (χ3n) is 17.8. The molecule has 0 aliphatic carbocycles. The highest BCUT2D eigenvalue weighted by Gasteiger charge is 2.46. The fourth-order valence-electron chi connectivity index (χ4n) is 12.5. The second-order valence-corrected chi connectivity index (χ2v) is 24.4. The Balaban J connectivity index is 0.728. The number of fused-ring (bicyclic) bond motifs is 6. The largest absolute Gasteiger partial charge is 0.493 e. The summed E-state index contributed by atoms with van der Waals surface area (Å²) in [6.07, 6.45) is 4.85. The Morgan fingerprint density at radius 2 is 1.30 bits per heavy atom. The summed E-state index contributed by atoms with van der Waals surface area (Å²) >= 11 is 0. The van der Waals surface area contributed by atoms with Crippen LogP contribution in [0.15, 0.2) is 138 Å². The van der Waals surface area contributed by atoms with Gasteiger partial charge in [-0.3, -0.25) is 43.5 Å². The van der Waals surface area contributed by atoms with E-state index in [1.54, 1.807) is 36.1 Å². The number of carbonyl (C=O) groups is 8. The molecule has 0 radical (unpaired) electrons. The summed E-state index contributed by atoms with van der Waals surface area (Å²) in [5.74, 6) is -1.68. The Kier molecular flexibility index (Phi) is 19.0. The van der Waals surface area contributed by atoms with Gasteiger partial charge in [0.2, 0.25) is 5.91 Å². The number of aliphatic hydroxyl groups excluding tert-OH is 1. The van der Waals surface area contributed by atoms with Crippen molar-refractivity contribution in [2.45, 2.75) is 136 Å². The number of hydrogen-bond acceptors (Lipinski definition) is 14. The summed E-state index contributed by atoms with van der Waals surface area (Å²) in [4.78, 5) is 117. The van der Waals surface area contributed by atoms with E-state index in [1.807, 2.05) is 105 Å². The van der Waals surface area contributed by atoms with Crippen LogP contribution in [-0.2, 0) is 80.9 Å². The molecule has 19 nitrogen and oxygen atoms in total. The van der Waals surface area contributed by atoms with Gasteiger partial charge in [-0.15, -0.1) is 0 Å². The number of methoxy groups -OCH3 is 1. The number of rotatable bonds is 23. The van der Waals surface area contributed by atoms with Crippen LogP contribution in [0.1, 0.15) is 124 Å². The molecule has 5 heterocycles. The average Bonchev–Trinajstić information content (AvgIpc) is 1.68. The predicted molar refractivity (Wildman–Crippen MR) is 339 cm³/mol. The number of ketones is 2. The van der Waals surface area contributed by atoms with Crippen LogP contribution in [-0.4, -0.2) is 111 Å². The molecule has 6 aromatic carbocycles. The highest BCUT2D eigenvalue weighted by atomic mass is 16.6. The normalized spacial score (nSPS) is 17.8. The van der Waals surface area contributed by atoms with Crippen molar-refractivity contribution < 1.29 is 62.4 Å². The number of ether oxygens (including phenoxy) is 4. The Bertz CT molecular complexity index is 3880. The lowest BCUT2D eigenvalue weighted by Gasteiger charge is -2.39. The molecule has 470 valence electrons. The van der Waals surface area contributed by atoms with Crippen LogP contribution in [0.3, 0.4) is 0 Å². The van der Waals surface area contributed by atoms with Gasteiger partial charge < -0.3 is 39.2 Å². The van der Waals surface area contributed by atoms with Crippen molar-refractivity contribution in [2.75, 3.05) is 18.6 Å². The maximum absolute atomic E-state index is 14.8. The first-order valence-corrected chi connectivity index (χ1v) is 31.0. The number of amides is 6. The molecule has 0 saturated carbocycles. The molecule has 1 unspecified atom stereocenters. The van der Waals surface area contributed by atoms with Crippen LogP contribution in [0.2, 0.25) is 0 Å². The van der Waals surface area contributed by atoms with Crippen LogP contribution in [0.5, 0.6) is 17.2 Å². The monoisotopic (exact) mass is 1230 g/mol. The zero-order valence-electron chi connectivity index (χ0n) is 51.7. The van der Waals surface area contributed by atoms with Crippen molar-refractivity contribution in [3.8, 4) is 17.2 Å². The molecule has 5 aliphatic rings. The molecule has 5 atom stereocenters. The van der Waals surface area contributed by atoms with E-state index in [1.165, 1.54) is 41.9 Å². The minimum atomic E-state index is -1.56. The van der Waals surface area contributed by atoms with E-state index in [0.717, 1.165) is 38.3 Å². The van der Waals surface area contributed by atoms with Crippen LogP contribution in [0.25, 0.3) is 0 Å². The molecular weight excluding hydrogens is 1160 g/mol. The van der Waals surface area contributed by atoms with Crippen molar-refractivity contribution >= 4 is 64.8 Å². The smallest absolute Gasteiger partial charge is 0.416 e. The van der Waals surface area contributed by atoms with Gasteiger partial charge in [0.15, 0.2) is 23.5 Å². The summed E-state index contributed by atoms with van der Waals surface area (Å²) in [6.45, 7) is 8.23. The standard InChI is InChI=1S/C72H74N6O13/c1-43(2)56(33-55(79)20-7-6-12-27-75-66(81)25-26-67(75)82)68(83)74-45(4)62(80)30-46-21-23-47(24-22-46)40-91-72(87)78-60-36-65(64(88-5)34-58(60)70(85)77-39-53-19-11-9-17-51(53)32-61(77)71(78)86)90-42-49-15-13-14-48(29-49)41-89-63-35-59-57(28-44(63)3)69(84)76-38-52-18-10-8-16-50(52)31-54(76)37-73-59/h8-11,13-19,21-26,28-29,34-37,43,45,54,56,61,71,86H,6-7,12,20,27,30-33,38-42H2,1-5H3,(H,74,83)/t45-,54-,56-,61-,71?/m0/s1. The molecule has 11 rings (SSSR count). The van der Waals surface area contributed by atoms with Gasteiger partial charge in [-0.1, -0.05) is 111 Å². The van der Waals surface area contributed by atoms with Crippen LogP contribution < -0.4 is 24.4 Å². The van der Waals surface area contributed by atoms with Gasteiger partial charge in [0.05, 0.1) is 47.7 Å². The van der Waals surface area contributed by atoms with Crippen molar-refractivity contribution in [3.05, 3.63) is 195 Å². The molecule has 0 aromatic heterocycles. The Morgan fingerprint density at radius 1 is 0.659 bits per heavy atom. The molecule has 5 aliphatic heterocycles. The summed E-state index contributed by atoms with van der Waals surface area (Å²) < 4.78 is 24.7. The van der Waals surface area contributed by atoms with Crippen LogP contribution in [0, 0.1) is 18.8 Å². The fourth-order valence-corrected chi connectivity index (χ4v) is 12.5. The van der Waals surface area contributed by atoms with Gasteiger partial charge in [-0.05, 0) is 114 Å². The second-order valence-electron chi connectivity index (χ2n) is 24.4. The number of carbonyl (C=O) groups excluding carboxylic acids is 8. The lowest BCUT2D eigenvalue weighted by molar-refractivity contribution is -0.137. The maximum atomic E-state index is 14.8. The summed E-state index contributed by atoms with van der Waals surface area (Å²) in [7, 11) is 1.46. The van der Waals surface area contributed by atoms with Gasteiger partial charge in [0.1, 0.15) is 31.4 Å². The van der Waals surface area contributed by atoms with E-state index in [9.17, 15) is 43.5 Å². The molecule has 0 saturated heterocycles. The number of Topliss-reactive ketones (excluding diaryl/α,β-unsaturated/α-hetero) is 2. The van der Waals surface area contributed by atoms with Crippen molar-refractivity contribution in [1.82, 2.24) is 20.0 Å². The minimum absolute atomic E-state index is 0.01000. The zero-order chi connectivity index (χ0) is 64.0. The molecule has 0 spiro atoms. The first-order chi connectivity index (χ1) is 43.9. The lowest BCUT2D eigenvalue weighted by atomic mass is 9.88. The number of aryl methyl sites for hydroxylation is 1. The van der Waals surface area contributed by atoms with Crippen LogP contribution >= 0.6 is 0 Å². The molecular formula is C72H74N6O13. The fraction of sp³-hybridized carbons (Fsp3) is 0.347.